The standard InChI is InChI=1S/C20H23NO4/c1-22-17-6-4-13(9-18(17)23-2)3-5-16-15-11-20-19(24-12-25-20)10-14(15)7-8-21-16/h4,6,9-11,16,21H,3,5,7-8,12H2,1-2H3/t16-/m1/s1. The summed E-state index contributed by atoms with van der Waals surface area (Å²) in [5, 5.41) is 3.64. The van der Waals surface area contributed by atoms with Crippen LogP contribution < -0.4 is 24.3 Å². The molecule has 0 saturated heterocycles. The summed E-state index contributed by atoms with van der Waals surface area (Å²) < 4.78 is 21.8. The van der Waals surface area contributed by atoms with Gasteiger partial charge < -0.3 is 24.3 Å². The first kappa shape index (κ1) is 16.1. The first-order chi connectivity index (χ1) is 12.3. The lowest BCUT2D eigenvalue weighted by molar-refractivity contribution is 0.174. The maximum Gasteiger partial charge on any atom is 0.231 e. The van der Waals surface area contributed by atoms with Crippen molar-refractivity contribution in [3.8, 4) is 23.0 Å². The molecule has 2 aliphatic heterocycles. The van der Waals surface area contributed by atoms with Gasteiger partial charge in [0, 0.05) is 6.04 Å². The van der Waals surface area contributed by atoms with Crippen molar-refractivity contribution >= 4 is 0 Å². The molecule has 4 rings (SSSR count). The average Bonchev–Trinajstić information content (AvgIpc) is 3.11. The number of benzene rings is 2. The maximum atomic E-state index is 5.55. The summed E-state index contributed by atoms with van der Waals surface area (Å²) in [4.78, 5) is 0. The molecule has 0 amide bonds. The molecule has 2 aromatic rings. The Kier molecular flexibility index (Phi) is 4.40. The molecule has 0 aliphatic carbocycles. The van der Waals surface area contributed by atoms with Gasteiger partial charge in [0.1, 0.15) is 0 Å². The second-order valence-electron chi connectivity index (χ2n) is 6.39. The van der Waals surface area contributed by atoms with Crippen molar-refractivity contribution in [2.75, 3.05) is 27.6 Å². The quantitative estimate of drug-likeness (QED) is 0.905. The van der Waals surface area contributed by atoms with Crippen LogP contribution in [0.4, 0.5) is 0 Å². The zero-order chi connectivity index (χ0) is 17.2. The fourth-order valence-corrected chi connectivity index (χ4v) is 3.64. The lowest BCUT2D eigenvalue weighted by atomic mass is 9.90. The Hall–Kier alpha value is -2.40. The van der Waals surface area contributed by atoms with Crippen LogP contribution >= 0.6 is 0 Å². The summed E-state index contributed by atoms with van der Waals surface area (Å²) in [5.74, 6) is 3.28. The van der Waals surface area contributed by atoms with Crippen molar-refractivity contribution in [2.45, 2.75) is 25.3 Å². The van der Waals surface area contributed by atoms with Gasteiger partial charge in [-0.05, 0) is 66.8 Å². The van der Waals surface area contributed by atoms with E-state index >= 15 is 0 Å². The van der Waals surface area contributed by atoms with Crippen LogP contribution in [0.25, 0.3) is 0 Å². The number of rotatable bonds is 5. The van der Waals surface area contributed by atoms with E-state index in [1.807, 2.05) is 6.07 Å². The Morgan fingerprint density at radius 3 is 2.64 bits per heavy atom. The first-order valence-electron chi connectivity index (χ1n) is 8.65. The molecule has 0 aromatic heterocycles. The van der Waals surface area contributed by atoms with Crippen LogP contribution in [0.15, 0.2) is 30.3 Å². The van der Waals surface area contributed by atoms with E-state index in [1.54, 1.807) is 14.2 Å². The second kappa shape index (κ2) is 6.84. The van der Waals surface area contributed by atoms with Crippen molar-refractivity contribution in [3.05, 3.63) is 47.0 Å². The number of nitrogens with one attached hydrogen (secondary N) is 1. The van der Waals surface area contributed by atoms with Crippen LogP contribution in [0.2, 0.25) is 0 Å². The number of hydrogen-bond acceptors (Lipinski definition) is 5. The Bertz CT molecular complexity index is 775. The van der Waals surface area contributed by atoms with E-state index in [0.717, 1.165) is 48.8 Å². The lowest BCUT2D eigenvalue weighted by Gasteiger charge is -2.27. The number of hydrogen-bond donors (Lipinski definition) is 1. The smallest absolute Gasteiger partial charge is 0.231 e. The highest BCUT2D eigenvalue weighted by atomic mass is 16.7. The molecule has 5 heteroatoms. The van der Waals surface area contributed by atoms with Crippen LogP contribution in [-0.2, 0) is 12.8 Å². The van der Waals surface area contributed by atoms with E-state index in [-0.39, 0.29) is 0 Å². The van der Waals surface area contributed by atoms with Gasteiger partial charge >= 0.3 is 0 Å². The van der Waals surface area contributed by atoms with Crippen LogP contribution in [0.5, 0.6) is 23.0 Å². The van der Waals surface area contributed by atoms with Gasteiger partial charge in [-0.3, -0.25) is 0 Å². The summed E-state index contributed by atoms with van der Waals surface area (Å²) in [6.45, 7) is 1.31. The molecule has 1 N–H and O–H groups in total. The molecule has 1 atom stereocenters. The van der Waals surface area contributed by atoms with E-state index in [1.165, 1.54) is 16.7 Å². The van der Waals surface area contributed by atoms with Crippen molar-refractivity contribution in [3.63, 3.8) is 0 Å². The van der Waals surface area contributed by atoms with Crippen LogP contribution in [0.1, 0.15) is 29.2 Å². The van der Waals surface area contributed by atoms with Crippen LogP contribution in [0.3, 0.4) is 0 Å². The lowest BCUT2D eigenvalue weighted by Crippen LogP contribution is -2.30. The van der Waals surface area contributed by atoms with E-state index in [0.29, 0.717) is 12.8 Å². The minimum Gasteiger partial charge on any atom is -0.493 e. The zero-order valence-electron chi connectivity index (χ0n) is 14.6. The first-order valence-corrected chi connectivity index (χ1v) is 8.65. The summed E-state index contributed by atoms with van der Waals surface area (Å²) >= 11 is 0. The summed E-state index contributed by atoms with van der Waals surface area (Å²) in [6, 6.07) is 10.7. The second-order valence-corrected chi connectivity index (χ2v) is 6.39. The number of aryl methyl sites for hydroxylation is 1. The molecule has 0 fully saturated rings. The Morgan fingerprint density at radius 2 is 1.84 bits per heavy atom. The molecule has 0 spiro atoms. The molecule has 132 valence electrons. The SMILES string of the molecule is COc1ccc(CC[C@H]2NCCc3cc4c(cc32)OCO4)cc1OC. The minimum atomic E-state index is 0.321. The molecule has 2 heterocycles. The van der Waals surface area contributed by atoms with Gasteiger partial charge in [-0.1, -0.05) is 6.07 Å². The van der Waals surface area contributed by atoms with Crippen LogP contribution in [-0.4, -0.2) is 27.6 Å². The van der Waals surface area contributed by atoms with Gasteiger partial charge in [-0.25, -0.2) is 0 Å². The fourth-order valence-electron chi connectivity index (χ4n) is 3.64. The highest BCUT2D eigenvalue weighted by Gasteiger charge is 2.24. The summed E-state index contributed by atoms with van der Waals surface area (Å²) in [7, 11) is 3.33. The molecule has 2 aromatic carbocycles. The third-order valence-corrected chi connectivity index (χ3v) is 4.96. The monoisotopic (exact) mass is 341 g/mol. The molecule has 0 unspecified atom stereocenters. The largest absolute Gasteiger partial charge is 0.493 e. The van der Waals surface area contributed by atoms with Crippen LogP contribution in [0, 0.1) is 0 Å². The molecule has 2 aliphatic rings. The summed E-state index contributed by atoms with van der Waals surface area (Å²) in [6.07, 6.45) is 3.01. The predicted octanol–water partition coefficient (Wildman–Crippen LogP) is 3.25. The maximum absolute atomic E-state index is 5.55. The molecular weight excluding hydrogens is 318 g/mol. The number of ether oxygens (including phenoxy) is 4. The van der Waals surface area contributed by atoms with Crippen molar-refractivity contribution in [1.29, 1.82) is 0 Å². The Morgan fingerprint density at radius 1 is 1.04 bits per heavy atom. The van der Waals surface area contributed by atoms with E-state index in [4.69, 9.17) is 18.9 Å². The minimum absolute atomic E-state index is 0.321. The van der Waals surface area contributed by atoms with Gasteiger partial charge in [-0.15, -0.1) is 0 Å². The molecule has 0 saturated carbocycles. The van der Waals surface area contributed by atoms with Gasteiger partial charge in [0.25, 0.3) is 0 Å². The molecule has 25 heavy (non-hydrogen) atoms. The van der Waals surface area contributed by atoms with E-state index < -0.39 is 0 Å². The average molecular weight is 341 g/mol. The highest BCUT2D eigenvalue weighted by molar-refractivity contribution is 5.50. The third kappa shape index (κ3) is 3.12. The molecular formula is C20H23NO4. The van der Waals surface area contributed by atoms with Crippen molar-refractivity contribution < 1.29 is 18.9 Å². The zero-order valence-corrected chi connectivity index (χ0v) is 14.6. The Labute approximate surface area is 147 Å². The van der Waals surface area contributed by atoms with E-state index in [2.05, 4.69) is 29.6 Å². The van der Waals surface area contributed by atoms with Gasteiger partial charge in [-0.2, -0.15) is 0 Å². The number of methoxy groups -OCH3 is 2. The molecule has 5 nitrogen and oxygen atoms in total. The van der Waals surface area contributed by atoms with Gasteiger partial charge in [0.2, 0.25) is 6.79 Å². The topological polar surface area (TPSA) is 49.0 Å². The Balaban J connectivity index is 1.51. The fraction of sp³-hybridized carbons (Fsp3) is 0.400. The molecule has 0 bridgehead atoms. The summed E-state index contributed by atoms with van der Waals surface area (Å²) in [5.41, 5.74) is 3.93. The number of fused-ring (bicyclic) bond motifs is 2. The third-order valence-electron chi connectivity index (χ3n) is 4.96. The predicted molar refractivity (Wildman–Crippen MR) is 94.9 cm³/mol. The van der Waals surface area contributed by atoms with Gasteiger partial charge in [0.15, 0.2) is 23.0 Å². The molecule has 0 radical (unpaired) electrons. The van der Waals surface area contributed by atoms with Crippen molar-refractivity contribution in [1.82, 2.24) is 5.32 Å². The highest BCUT2D eigenvalue weighted by Crippen LogP contribution is 2.39. The normalized spacial score (nSPS) is 17.9. The van der Waals surface area contributed by atoms with E-state index in [9.17, 15) is 0 Å². The van der Waals surface area contributed by atoms with Crippen molar-refractivity contribution in [2.24, 2.45) is 0 Å². The van der Waals surface area contributed by atoms with Gasteiger partial charge in [0.05, 0.1) is 14.2 Å².